The maximum Gasteiger partial charge on any atom is 0.146 e. The highest BCUT2D eigenvalue weighted by atomic mass is 16.1. The standard InChI is InChI=1S/C14H25NO/c1-4-11-5-6-12-9-15(3)14(10(2)16)8-13(12)7-11/h11-14H,4-9H2,1-3H3/t11-,12-,13+,14-/m0/s1. The van der Waals surface area contributed by atoms with Gasteiger partial charge < -0.3 is 0 Å². The highest BCUT2D eigenvalue weighted by molar-refractivity contribution is 5.81. The number of nitrogens with zero attached hydrogens (tertiary/aromatic N) is 1. The number of ketones is 1. The minimum absolute atomic E-state index is 0.205. The molecule has 92 valence electrons. The second kappa shape index (κ2) is 4.87. The molecule has 1 heterocycles. The van der Waals surface area contributed by atoms with Gasteiger partial charge in [0.2, 0.25) is 0 Å². The lowest BCUT2D eigenvalue weighted by molar-refractivity contribution is -0.125. The highest BCUT2D eigenvalue weighted by Gasteiger charge is 2.38. The van der Waals surface area contributed by atoms with E-state index in [1.54, 1.807) is 6.92 Å². The first kappa shape index (κ1) is 12.1. The number of likely N-dealkylation sites (tertiary alicyclic amines) is 1. The molecule has 0 spiro atoms. The van der Waals surface area contributed by atoms with Crippen LogP contribution in [0.3, 0.4) is 0 Å². The number of Topliss-reactive ketones (excluding diaryl/α,β-unsaturated/α-hetero) is 1. The fourth-order valence-electron chi connectivity index (χ4n) is 3.76. The Balaban J connectivity index is 2.01. The molecule has 1 aliphatic carbocycles. The predicted molar refractivity (Wildman–Crippen MR) is 66.3 cm³/mol. The van der Waals surface area contributed by atoms with Crippen molar-refractivity contribution in [1.82, 2.24) is 4.90 Å². The average molecular weight is 223 g/mol. The van der Waals surface area contributed by atoms with Crippen LogP contribution in [0.5, 0.6) is 0 Å². The molecule has 0 bridgehead atoms. The van der Waals surface area contributed by atoms with Crippen LogP contribution in [-0.2, 0) is 4.79 Å². The number of fused-ring (bicyclic) bond motifs is 1. The first-order valence-electron chi connectivity index (χ1n) is 6.82. The van der Waals surface area contributed by atoms with Gasteiger partial charge >= 0.3 is 0 Å². The van der Waals surface area contributed by atoms with E-state index < -0.39 is 0 Å². The molecule has 0 radical (unpaired) electrons. The van der Waals surface area contributed by atoms with Crippen LogP contribution in [0.4, 0.5) is 0 Å². The summed E-state index contributed by atoms with van der Waals surface area (Å²) in [7, 11) is 2.12. The molecule has 16 heavy (non-hydrogen) atoms. The van der Waals surface area contributed by atoms with Gasteiger partial charge in [0, 0.05) is 6.54 Å². The van der Waals surface area contributed by atoms with Gasteiger partial charge in [-0.05, 0) is 51.0 Å². The van der Waals surface area contributed by atoms with Crippen molar-refractivity contribution in [2.24, 2.45) is 17.8 Å². The van der Waals surface area contributed by atoms with Gasteiger partial charge in [0.1, 0.15) is 5.78 Å². The Hall–Kier alpha value is -0.370. The topological polar surface area (TPSA) is 20.3 Å². The van der Waals surface area contributed by atoms with Gasteiger partial charge in [0.15, 0.2) is 0 Å². The van der Waals surface area contributed by atoms with E-state index in [0.717, 1.165) is 30.7 Å². The summed E-state index contributed by atoms with van der Waals surface area (Å²) in [5.74, 6) is 2.98. The summed E-state index contributed by atoms with van der Waals surface area (Å²) >= 11 is 0. The summed E-state index contributed by atoms with van der Waals surface area (Å²) < 4.78 is 0. The summed E-state index contributed by atoms with van der Waals surface area (Å²) in [6, 6.07) is 0.205. The number of hydrogen-bond acceptors (Lipinski definition) is 2. The molecule has 2 aliphatic rings. The molecular formula is C14H25NO. The number of likely N-dealkylation sites (N-methyl/N-ethyl adjacent to an activating group) is 1. The summed E-state index contributed by atoms with van der Waals surface area (Å²) in [5, 5.41) is 0. The molecule has 1 aliphatic heterocycles. The van der Waals surface area contributed by atoms with Gasteiger partial charge in [-0.15, -0.1) is 0 Å². The lowest BCUT2D eigenvalue weighted by Crippen LogP contribution is -2.49. The van der Waals surface area contributed by atoms with Crippen LogP contribution in [0.1, 0.15) is 46.0 Å². The van der Waals surface area contributed by atoms with E-state index in [9.17, 15) is 4.79 Å². The zero-order chi connectivity index (χ0) is 11.7. The Bertz CT molecular complexity index is 263. The average Bonchev–Trinajstić information content (AvgIpc) is 2.27. The zero-order valence-electron chi connectivity index (χ0n) is 10.9. The molecule has 0 amide bonds. The molecule has 0 N–H and O–H groups in total. The molecule has 2 fully saturated rings. The second-order valence-corrected chi connectivity index (χ2v) is 5.91. The number of hydrogen-bond donors (Lipinski definition) is 0. The Labute approximate surface area is 99.4 Å². The summed E-state index contributed by atoms with van der Waals surface area (Å²) in [5.41, 5.74) is 0. The van der Waals surface area contributed by atoms with E-state index in [1.807, 2.05) is 0 Å². The van der Waals surface area contributed by atoms with Crippen LogP contribution in [0.15, 0.2) is 0 Å². The Morgan fingerprint density at radius 2 is 2.00 bits per heavy atom. The van der Waals surface area contributed by atoms with Crippen molar-refractivity contribution in [1.29, 1.82) is 0 Å². The lowest BCUT2D eigenvalue weighted by atomic mass is 9.68. The van der Waals surface area contributed by atoms with Crippen LogP contribution >= 0.6 is 0 Å². The molecule has 0 aromatic rings. The van der Waals surface area contributed by atoms with E-state index in [2.05, 4.69) is 18.9 Å². The molecule has 1 saturated carbocycles. The van der Waals surface area contributed by atoms with E-state index in [0.29, 0.717) is 5.78 Å². The fourth-order valence-corrected chi connectivity index (χ4v) is 3.76. The van der Waals surface area contributed by atoms with Crippen molar-refractivity contribution in [3.8, 4) is 0 Å². The lowest BCUT2D eigenvalue weighted by Gasteiger charge is -2.45. The molecule has 1 saturated heterocycles. The zero-order valence-corrected chi connectivity index (χ0v) is 10.9. The molecule has 0 aromatic heterocycles. The molecule has 2 heteroatoms. The van der Waals surface area contributed by atoms with E-state index in [1.165, 1.54) is 25.7 Å². The van der Waals surface area contributed by atoms with Crippen molar-refractivity contribution >= 4 is 5.78 Å². The SMILES string of the molecule is CC[C@H]1CC[C@H]2CN(C)[C@H](C(C)=O)C[C@H]2C1. The van der Waals surface area contributed by atoms with E-state index >= 15 is 0 Å². The third kappa shape index (κ3) is 2.32. The number of rotatable bonds is 2. The Morgan fingerprint density at radius 1 is 1.25 bits per heavy atom. The first-order valence-corrected chi connectivity index (χ1v) is 6.82. The maximum absolute atomic E-state index is 11.6. The van der Waals surface area contributed by atoms with Crippen LogP contribution in [-0.4, -0.2) is 30.3 Å². The van der Waals surface area contributed by atoms with E-state index in [-0.39, 0.29) is 6.04 Å². The third-order valence-corrected chi connectivity index (χ3v) is 4.88. The van der Waals surface area contributed by atoms with Crippen molar-refractivity contribution in [3.63, 3.8) is 0 Å². The number of carbonyl (C=O) groups is 1. The largest absolute Gasteiger partial charge is 0.298 e. The Kier molecular flexibility index (Phi) is 3.68. The predicted octanol–water partition coefficient (Wildman–Crippen LogP) is 2.72. The monoisotopic (exact) mass is 223 g/mol. The Morgan fingerprint density at radius 3 is 2.62 bits per heavy atom. The van der Waals surface area contributed by atoms with Crippen molar-refractivity contribution < 1.29 is 4.79 Å². The summed E-state index contributed by atoms with van der Waals surface area (Å²) in [6.07, 6.45) is 6.62. The summed E-state index contributed by atoms with van der Waals surface area (Å²) in [4.78, 5) is 13.9. The fraction of sp³-hybridized carbons (Fsp3) is 0.929. The van der Waals surface area contributed by atoms with Gasteiger partial charge in [0.25, 0.3) is 0 Å². The number of piperidine rings is 1. The second-order valence-electron chi connectivity index (χ2n) is 5.91. The van der Waals surface area contributed by atoms with Crippen molar-refractivity contribution in [2.75, 3.05) is 13.6 Å². The third-order valence-electron chi connectivity index (χ3n) is 4.88. The summed E-state index contributed by atoms with van der Waals surface area (Å²) in [6.45, 7) is 5.20. The molecule has 0 unspecified atom stereocenters. The first-order chi connectivity index (χ1) is 7.61. The van der Waals surface area contributed by atoms with E-state index in [4.69, 9.17) is 0 Å². The normalized spacial score (nSPS) is 40.4. The number of carbonyl (C=O) groups excluding carboxylic acids is 1. The minimum Gasteiger partial charge on any atom is -0.298 e. The van der Waals surface area contributed by atoms with Gasteiger partial charge in [-0.2, -0.15) is 0 Å². The smallest absolute Gasteiger partial charge is 0.146 e. The van der Waals surface area contributed by atoms with Gasteiger partial charge in [0.05, 0.1) is 6.04 Å². The van der Waals surface area contributed by atoms with Gasteiger partial charge in [-0.3, -0.25) is 9.69 Å². The van der Waals surface area contributed by atoms with Crippen LogP contribution in [0, 0.1) is 17.8 Å². The highest BCUT2D eigenvalue weighted by Crippen LogP contribution is 2.41. The quantitative estimate of drug-likeness (QED) is 0.717. The molecule has 2 nitrogen and oxygen atoms in total. The molecule has 2 rings (SSSR count). The molecule has 4 atom stereocenters. The minimum atomic E-state index is 0.205. The van der Waals surface area contributed by atoms with Crippen LogP contribution < -0.4 is 0 Å². The van der Waals surface area contributed by atoms with Crippen molar-refractivity contribution in [2.45, 2.75) is 52.0 Å². The van der Waals surface area contributed by atoms with Gasteiger partial charge in [-0.25, -0.2) is 0 Å². The van der Waals surface area contributed by atoms with Gasteiger partial charge in [-0.1, -0.05) is 19.8 Å². The van der Waals surface area contributed by atoms with Crippen LogP contribution in [0.25, 0.3) is 0 Å². The molecular weight excluding hydrogens is 198 g/mol. The maximum atomic E-state index is 11.6. The van der Waals surface area contributed by atoms with Crippen molar-refractivity contribution in [3.05, 3.63) is 0 Å². The van der Waals surface area contributed by atoms with Crippen LogP contribution in [0.2, 0.25) is 0 Å². The molecule has 0 aromatic carbocycles.